The lowest BCUT2D eigenvalue weighted by molar-refractivity contribution is 0.0970. The van der Waals surface area contributed by atoms with Gasteiger partial charge in [0.1, 0.15) is 23.3 Å². The maximum Gasteiger partial charge on any atom is 0.279 e. The minimum absolute atomic E-state index is 0.0256. The number of anilines is 1. The highest BCUT2D eigenvalue weighted by Crippen LogP contribution is 2.26. The average Bonchev–Trinajstić information content (AvgIpc) is 3.33. The third-order valence-electron chi connectivity index (χ3n) is 4.57. The molecule has 30 heavy (non-hydrogen) atoms. The minimum Gasteiger partial charge on any atom is -0.494 e. The zero-order valence-electron chi connectivity index (χ0n) is 16.1. The molecule has 0 radical (unpaired) electrons. The first-order valence-electron chi connectivity index (χ1n) is 8.86. The molecule has 0 saturated carbocycles. The Morgan fingerprint density at radius 2 is 2.07 bits per heavy atom. The predicted octanol–water partition coefficient (Wildman–Crippen LogP) is 3.18. The fraction of sp³-hybridized carbons (Fsp3) is 0.100. The number of nitrogens with zero attached hydrogens (tertiary/aromatic N) is 3. The summed E-state index contributed by atoms with van der Waals surface area (Å²) in [6.45, 7) is 1.88. The number of benzene rings is 2. The quantitative estimate of drug-likeness (QED) is 0.414. The van der Waals surface area contributed by atoms with Crippen molar-refractivity contribution in [2.24, 2.45) is 5.73 Å². The fourth-order valence-corrected chi connectivity index (χ4v) is 3.52. The molecule has 2 aromatic carbocycles. The zero-order chi connectivity index (χ0) is 21.4. The van der Waals surface area contributed by atoms with Crippen LogP contribution in [0.1, 0.15) is 26.5 Å². The van der Waals surface area contributed by atoms with Crippen LogP contribution >= 0.6 is 15.9 Å². The van der Waals surface area contributed by atoms with Gasteiger partial charge in [0.2, 0.25) is 5.95 Å². The average molecular weight is 469 g/mol. The summed E-state index contributed by atoms with van der Waals surface area (Å²) in [5.74, 6) is -0.629. The molecule has 0 aliphatic carbocycles. The van der Waals surface area contributed by atoms with Crippen LogP contribution in [0.25, 0.3) is 16.7 Å². The van der Waals surface area contributed by atoms with Gasteiger partial charge in [-0.3, -0.25) is 19.5 Å². The minimum atomic E-state index is -0.775. The van der Waals surface area contributed by atoms with E-state index in [0.717, 1.165) is 10.0 Å². The number of amides is 2. The molecule has 2 aromatic heterocycles. The summed E-state index contributed by atoms with van der Waals surface area (Å²) in [6, 6.07) is 11.0. The molecule has 2 amide bonds. The number of H-pyrrole nitrogens is 1. The summed E-state index contributed by atoms with van der Waals surface area (Å²) in [5.41, 5.74) is 8.28. The maximum absolute atomic E-state index is 12.9. The Hall–Kier alpha value is -3.66. The van der Waals surface area contributed by atoms with E-state index < -0.39 is 11.8 Å². The molecule has 10 heteroatoms. The zero-order valence-corrected chi connectivity index (χ0v) is 17.6. The molecule has 0 aliphatic rings. The second-order valence-corrected chi connectivity index (χ2v) is 7.42. The van der Waals surface area contributed by atoms with Crippen LogP contribution in [-0.2, 0) is 0 Å². The van der Waals surface area contributed by atoms with Gasteiger partial charge in [0.15, 0.2) is 5.69 Å². The van der Waals surface area contributed by atoms with E-state index in [-0.39, 0.29) is 17.3 Å². The largest absolute Gasteiger partial charge is 0.494 e. The highest BCUT2D eigenvalue weighted by molar-refractivity contribution is 9.10. The van der Waals surface area contributed by atoms with E-state index in [9.17, 15) is 9.59 Å². The molecule has 0 aliphatic heterocycles. The van der Waals surface area contributed by atoms with Crippen molar-refractivity contribution < 1.29 is 14.3 Å². The molecular weight excluding hydrogens is 452 g/mol. The van der Waals surface area contributed by atoms with Crippen LogP contribution < -0.4 is 15.8 Å². The number of hydrogen-bond donors (Lipinski definition) is 3. The number of imidazole rings is 2. The number of carbonyl (C=O) groups is 2. The van der Waals surface area contributed by atoms with Crippen molar-refractivity contribution in [3.8, 4) is 11.4 Å². The van der Waals surface area contributed by atoms with Crippen molar-refractivity contribution >= 4 is 44.7 Å². The number of ether oxygens (including phenoxy) is 1. The molecule has 0 atom stereocenters. The van der Waals surface area contributed by atoms with Crippen molar-refractivity contribution in [2.75, 3.05) is 12.4 Å². The standard InChI is InChI=1S/C20H17BrN6O3/c1-10-6-7-11(21)8-13(10)27-9-23-16(17(27)18(22)28)19(29)26-20-24-12-4-3-5-14(30-2)15(12)25-20/h3-9H,1-2H3,(H2,22,28)(H2,24,25,26,29). The number of nitrogens with one attached hydrogen (secondary N) is 2. The van der Waals surface area contributed by atoms with Crippen LogP contribution in [0.2, 0.25) is 0 Å². The molecule has 4 aromatic rings. The van der Waals surface area contributed by atoms with Crippen LogP contribution in [0.5, 0.6) is 5.75 Å². The van der Waals surface area contributed by atoms with Gasteiger partial charge in [0.25, 0.3) is 11.8 Å². The van der Waals surface area contributed by atoms with E-state index in [2.05, 4.69) is 36.2 Å². The van der Waals surface area contributed by atoms with Crippen LogP contribution in [-0.4, -0.2) is 38.4 Å². The molecule has 2 heterocycles. The highest BCUT2D eigenvalue weighted by atomic mass is 79.9. The van der Waals surface area contributed by atoms with E-state index in [0.29, 0.717) is 22.5 Å². The number of primary amides is 1. The van der Waals surface area contributed by atoms with Gasteiger partial charge >= 0.3 is 0 Å². The summed E-state index contributed by atoms with van der Waals surface area (Å²) < 4.78 is 7.59. The Balaban J connectivity index is 1.72. The topological polar surface area (TPSA) is 128 Å². The molecule has 9 nitrogen and oxygen atoms in total. The molecule has 4 rings (SSSR count). The first-order chi connectivity index (χ1) is 14.4. The normalized spacial score (nSPS) is 10.9. The molecule has 0 unspecified atom stereocenters. The number of nitrogens with two attached hydrogens (primary N) is 1. The molecular formula is C20H17BrN6O3. The Morgan fingerprint density at radius 3 is 2.80 bits per heavy atom. The van der Waals surface area contributed by atoms with Gasteiger partial charge in [-0.2, -0.15) is 0 Å². The lowest BCUT2D eigenvalue weighted by Crippen LogP contribution is -2.23. The number of fused-ring (bicyclic) bond motifs is 1. The number of aromatic nitrogens is 4. The van der Waals surface area contributed by atoms with Gasteiger partial charge in [-0.05, 0) is 36.8 Å². The van der Waals surface area contributed by atoms with Crippen LogP contribution in [0.4, 0.5) is 5.95 Å². The highest BCUT2D eigenvalue weighted by Gasteiger charge is 2.24. The molecule has 4 N–H and O–H groups in total. The van der Waals surface area contributed by atoms with E-state index in [1.165, 1.54) is 18.0 Å². The van der Waals surface area contributed by atoms with Crippen molar-refractivity contribution in [3.63, 3.8) is 0 Å². The van der Waals surface area contributed by atoms with Gasteiger partial charge in [-0.15, -0.1) is 0 Å². The Kier molecular flexibility index (Phi) is 5.00. The van der Waals surface area contributed by atoms with Gasteiger partial charge in [-0.25, -0.2) is 9.97 Å². The molecule has 0 fully saturated rings. The van der Waals surface area contributed by atoms with Gasteiger partial charge in [0.05, 0.1) is 18.3 Å². The summed E-state index contributed by atoms with van der Waals surface area (Å²) >= 11 is 3.41. The number of methoxy groups -OCH3 is 1. The third kappa shape index (κ3) is 3.41. The van der Waals surface area contributed by atoms with Crippen LogP contribution in [0, 0.1) is 6.92 Å². The molecule has 152 valence electrons. The number of aryl methyl sites for hydroxylation is 1. The van der Waals surface area contributed by atoms with Gasteiger partial charge in [-0.1, -0.05) is 28.1 Å². The smallest absolute Gasteiger partial charge is 0.279 e. The molecule has 0 saturated heterocycles. The van der Waals surface area contributed by atoms with Crippen LogP contribution in [0.3, 0.4) is 0 Å². The second-order valence-electron chi connectivity index (χ2n) is 6.50. The second kappa shape index (κ2) is 7.64. The number of para-hydroxylation sites is 1. The first-order valence-corrected chi connectivity index (χ1v) is 9.66. The molecule has 0 spiro atoms. The van der Waals surface area contributed by atoms with E-state index >= 15 is 0 Å². The van der Waals surface area contributed by atoms with Gasteiger partial charge in [0, 0.05) is 4.47 Å². The Labute approximate surface area is 179 Å². The summed E-state index contributed by atoms with van der Waals surface area (Å²) in [4.78, 5) is 36.5. The number of aromatic amines is 1. The maximum atomic E-state index is 12.9. The van der Waals surface area contributed by atoms with Gasteiger partial charge < -0.3 is 15.5 Å². The number of rotatable bonds is 5. The third-order valence-corrected chi connectivity index (χ3v) is 5.07. The molecule has 0 bridgehead atoms. The van der Waals surface area contributed by atoms with Crippen molar-refractivity contribution in [3.05, 3.63) is 64.1 Å². The van der Waals surface area contributed by atoms with Crippen molar-refractivity contribution in [1.82, 2.24) is 19.5 Å². The van der Waals surface area contributed by atoms with Crippen LogP contribution in [0.15, 0.2) is 47.2 Å². The van der Waals surface area contributed by atoms with Crippen molar-refractivity contribution in [1.29, 1.82) is 0 Å². The SMILES string of the molecule is COc1cccc2[nH]c(NC(=O)c3ncn(-c4cc(Br)ccc4C)c3C(N)=O)nc12. The Bertz CT molecular complexity index is 1290. The summed E-state index contributed by atoms with van der Waals surface area (Å²) in [6.07, 6.45) is 1.39. The summed E-state index contributed by atoms with van der Waals surface area (Å²) in [5, 5.41) is 2.63. The Morgan fingerprint density at radius 1 is 1.27 bits per heavy atom. The monoisotopic (exact) mass is 468 g/mol. The lowest BCUT2D eigenvalue weighted by Gasteiger charge is -2.10. The predicted molar refractivity (Wildman–Crippen MR) is 115 cm³/mol. The van der Waals surface area contributed by atoms with E-state index in [4.69, 9.17) is 10.5 Å². The van der Waals surface area contributed by atoms with E-state index in [1.54, 1.807) is 18.2 Å². The number of carbonyl (C=O) groups excluding carboxylic acids is 2. The van der Waals surface area contributed by atoms with Crippen molar-refractivity contribution in [2.45, 2.75) is 6.92 Å². The van der Waals surface area contributed by atoms with E-state index in [1.807, 2.05) is 25.1 Å². The summed E-state index contributed by atoms with van der Waals surface area (Å²) in [7, 11) is 1.54. The fourth-order valence-electron chi connectivity index (χ4n) is 3.17. The lowest BCUT2D eigenvalue weighted by atomic mass is 10.2. The number of hydrogen-bond acceptors (Lipinski definition) is 5. The first kappa shape index (κ1) is 19.6. The number of halogens is 1.